The van der Waals surface area contributed by atoms with Gasteiger partial charge in [-0.15, -0.1) is 0 Å². The fourth-order valence-corrected chi connectivity index (χ4v) is 3.38. The van der Waals surface area contributed by atoms with Crippen molar-refractivity contribution in [2.75, 3.05) is 19.0 Å². The van der Waals surface area contributed by atoms with Crippen molar-refractivity contribution in [3.05, 3.63) is 47.9 Å². The van der Waals surface area contributed by atoms with Gasteiger partial charge >= 0.3 is 0 Å². The Balaban J connectivity index is 2.07. The van der Waals surface area contributed by atoms with Crippen molar-refractivity contribution in [3.8, 4) is 0 Å². The van der Waals surface area contributed by atoms with Gasteiger partial charge in [0.05, 0.1) is 23.3 Å². The predicted molar refractivity (Wildman–Crippen MR) is 89.5 cm³/mol. The summed E-state index contributed by atoms with van der Waals surface area (Å²) in [6.07, 6.45) is 1.44. The molecule has 0 fully saturated rings. The minimum absolute atomic E-state index is 0.114. The van der Waals surface area contributed by atoms with Crippen LogP contribution in [0.4, 0.5) is 5.69 Å². The molecule has 0 saturated heterocycles. The summed E-state index contributed by atoms with van der Waals surface area (Å²) in [4.78, 5) is 12.2. The summed E-state index contributed by atoms with van der Waals surface area (Å²) in [6, 6.07) is 7.15. The molecule has 1 aromatic carbocycles. The van der Waals surface area contributed by atoms with Gasteiger partial charge in [0.1, 0.15) is 5.76 Å². The van der Waals surface area contributed by atoms with Crippen LogP contribution in [-0.4, -0.2) is 34.1 Å². The van der Waals surface area contributed by atoms with Crippen molar-refractivity contribution in [3.63, 3.8) is 0 Å². The number of carbonyl (C=O) groups excluding carboxylic acids is 1. The number of furan rings is 1. The number of benzene rings is 1. The van der Waals surface area contributed by atoms with Crippen LogP contribution in [0.25, 0.3) is 0 Å². The van der Waals surface area contributed by atoms with Gasteiger partial charge < -0.3 is 14.5 Å². The Morgan fingerprint density at radius 3 is 2.46 bits per heavy atom. The zero-order chi connectivity index (χ0) is 17.7. The molecule has 1 unspecified atom stereocenters. The Labute approximate surface area is 141 Å². The van der Waals surface area contributed by atoms with Gasteiger partial charge in [-0.2, -0.15) is 0 Å². The highest BCUT2D eigenvalue weighted by Gasteiger charge is 2.17. The molecule has 0 aliphatic heterocycles. The lowest BCUT2D eigenvalue weighted by molar-refractivity contribution is 0.102. The summed E-state index contributed by atoms with van der Waals surface area (Å²) in [5.41, 5.74) is 0.922. The van der Waals surface area contributed by atoms with Gasteiger partial charge in [-0.3, -0.25) is 4.79 Å². The lowest BCUT2D eigenvalue weighted by Gasteiger charge is -2.13. The van der Waals surface area contributed by atoms with Gasteiger partial charge in [0.15, 0.2) is 0 Å². The van der Waals surface area contributed by atoms with E-state index >= 15 is 0 Å². The van der Waals surface area contributed by atoms with Crippen molar-refractivity contribution in [2.45, 2.75) is 24.8 Å². The maximum absolute atomic E-state index is 12.2. The SMILES string of the molecule is COCC(C)NS(=O)(=O)c1ccc(NC(=O)c2ccoc2C)cc1. The zero-order valence-electron chi connectivity index (χ0n) is 13.7. The molecular weight excluding hydrogens is 332 g/mol. The molecule has 0 aliphatic carbocycles. The van der Waals surface area contributed by atoms with Crippen LogP contribution in [0.2, 0.25) is 0 Å². The summed E-state index contributed by atoms with van der Waals surface area (Å²) in [5, 5.41) is 2.69. The molecular formula is C16H20N2O5S. The van der Waals surface area contributed by atoms with Crippen LogP contribution in [0.5, 0.6) is 0 Å². The number of sulfonamides is 1. The molecule has 0 aliphatic rings. The van der Waals surface area contributed by atoms with Gasteiger partial charge in [-0.1, -0.05) is 0 Å². The van der Waals surface area contributed by atoms with Crippen molar-refractivity contribution in [2.24, 2.45) is 0 Å². The number of ether oxygens (including phenoxy) is 1. The van der Waals surface area contributed by atoms with Crippen LogP contribution in [0, 0.1) is 6.92 Å². The Morgan fingerprint density at radius 2 is 1.92 bits per heavy atom. The number of amides is 1. The van der Waals surface area contributed by atoms with E-state index < -0.39 is 10.0 Å². The monoisotopic (exact) mass is 352 g/mol. The average Bonchev–Trinajstić information content (AvgIpc) is 2.93. The van der Waals surface area contributed by atoms with Gasteiger partial charge in [0.25, 0.3) is 5.91 Å². The Hall–Kier alpha value is -2.16. The van der Waals surface area contributed by atoms with E-state index in [4.69, 9.17) is 9.15 Å². The third-order valence-corrected chi connectivity index (χ3v) is 4.90. The molecule has 0 saturated carbocycles. The molecule has 1 amide bonds. The molecule has 2 aromatic rings. The molecule has 1 atom stereocenters. The molecule has 0 radical (unpaired) electrons. The third kappa shape index (κ3) is 4.44. The second kappa shape index (κ2) is 7.61. The van der Waals surface area contributed by atoms with E-state index in [1.807, 2.05) is 0 Å². The van der Waals surface area contributed by atoms with Crippen molar-refractivity contribution in [1.82, 2.24) is 4.72 Å². The topological polar surface area (TPSA) is 97.6 Å². The van der Waals surface area contributed by atoms with E-state index in [0.717, 1.165) is 0 Å². The first-order chi connectivity index (χ1) is 11.3. The highest BCUT2D eigenvalue weighted by molar-refractivity contribution is 7.89. The molecule has 0 spiro atoms. The first kappa shape index (κ1) is 18.2. The number of nitrogens with one attached hydrogen (secondary N) is 2. The fourth-order valence-electron chi connectivity index (χ4n) is 2.15. The normalized spacial score (nSPS) is 12.8. The Bertz CT molecular complexity index is 796. The lowest BCUT2D eigenvalue weighted by atomic mass is 10.2. The molecule has 8 heteroatoms. The van der Waals surface area contributed by atoms with Crippen LogP contribution in [-0.2, 0) is 14.8 Å². The van der Waals surface area contributed by atoms with Crippen molar-refractivity contribution in [1.29, 1.82) is 0 Å². The van der Waals surface area contributed by atoms with Crippen LogP contribution < -0.4 is 10.0 Å². The summed E-state index contributed by atoms with van der Waals surface area (Å²) < 4.78 is 36.9. The number of carbonyl (C=O) groups is 1. The van der Waals surface area contributed by atoms with Crippen LogP contribution in [0.1, 0.15) is 23.0 Å². The van der Waals surface area contributed by atoms with Crippen molar-refractivity contribution >= 4 is 21.6 Å². The molecule has 0 bridgehead atoms. The van der Waals surface area contributed by atoms with Gasteiger partial charge in [-0.25, -0.2) is 13.1 Å². The minimum Gasteiger partial charge on any atom is -0.469 e. The second-order valence-corrected chi connectivity index (χ2v) is 7.06. The quantitative estimate of drug-likeness (QED) is 0.796. The van der Waals surface area contributed by atoms with Crippen LogP contribution >= 0.6 is 0 Å². The number of rotatable bonds is 7. The van der Waals surface area contributed by atoms with Gasteiger partial charge in [0.2, 0.25) is 10.0 Å². The Kier molecular flexibility index (Phi) is 5.76. The molecule has 2 rings (SSSR count). The van der Waals surface area contributed by atoms with Crippen LogP contribution in [0.3, 0.4) is 0 Å². The number of hydrogen-bond acceptors (Lipinski definition) is 5. The second-order valence-electron chi connectivity index (χ2n) is 5.35. The Morgan fingerprint density at radius 1 is 1.25 bits per heavy atom. The highest BCUT2D eigenvalue weighted by atomic mass is 32.2. The summed E-state index contributed by atoms with van der Waals surface area (Å²) in [5.74, 6) is 0.201. The molecule has 2 N–H and O–H groups in total. The van der Waals surface area contributed by atoms with Crippen LogP contribution in [0.15, 0.2) is 45.9 Å². The first-order valence-electron chi connectivity index (χ1n) is 7.30. The van der Waals surface area contributed by atoms with Crippen molar-refractivity contribution < 1.29 is 22.4 Å². The van der Waals surface area contributed by atoms with E-state index in [2.05, 4.69) is 10.0 Å². The third-order valence-electron chi connectivity index (χ3n) is 3.30. The first-order valence-corrected chi connectivity index (χ1v) is 8.78. The molecule has 130 valence electrons. The number of methoxy groups -OCH3 is 1. The number of anilines is 1. The highest BCUT2D eigenvalue weighted by Crippen LogP contribution is 2.16. The molecule has 24 heavy (non-hydrogen) atoms. The largest absolute Gasteiger partial charge is 0.469 e. The average molecular weight is 352 g/mol. The van der Waals surface area contributed by atoms with E-state index in [1.54, 1.807) is 19.9 Å². The summed E-state index contributed by atoms with van der Waals surface area (Å²) in [7, 11) is -2.13. The molecule has 1 aromatic heterocycles. The standard InChI is InChI=1S/C16H20N2O5S/c1-11(10-22-3)18-24(20,21)14-6-4-13(5-7-14)17-16(19)15-8-9-23-12(15)2/h4-9,11,18H,10H2,1-3H3,(H,17,19). The summed E-state index contributed by atoms with van der Waals surface area (Å²) >= 11 is 0. The van der Waals surface area contributed by atoms with E-state index in [-0.39, 0.29) is 23.5 Å². The number of hydrogen-bond donors (Lipinski definition) is 2. The smallest absolute Gasteiger partial charge is 0.259 e. The van der Waals surface area contributed by atoms with E-state index in [9.17, 15) is 13.2 Å². The van der Waals surface area contributed by atoms with Gasteiger partial charge in [0, 0.05) is 18.8 Å². The molecule has 7 nitrogen and oxygen atoms in total. The number of aryl methyl sites for hydroxylation is 1. The van der Waals surface area contributed by atoms with E-state index in [0.29, 0.717) is 17.0 Å². The maximum atomic E-state index is 12.2. The summed E-state index contributed by atoms with van der Waals surface area (Å²) in [6.45, 7) is 3.68. The van der Waals surface area contributed by atoms with E-state index in [1.165, 1.54) is 37.6 Å². The minimum atomic E-state index is -3.63. The maximum Gasteiger partial charge on any atom is 0.259 e. The lowest BCUT2D eigenvalue weighted by Crippen LogP contribution is -2.35. The molecule has 1 heterocycles. The predicted octanol–water partition coefficient (Wildman–Crippen LogP) is 2.15. The fraction of sp³-hybridized carbons (Fsp3) is 0.312. The van der Waals surface area contributed by atoms with Gasteiger partial charge in [-0.05, 0) is 44.2 Å². The zero-order valence-corrected chi connectivity index (χ0v) is 14.5.